The van der Waals surface area contributed by atoms with E-state index in [9.17, 15) is 9.18 Å². The van der Waals surface area contributed by atoms with Crippen LogP contribution in [0.2, 0.25) is 5.02 Å². The van der Waals surface area contributed by atoms with Crippen molar-refractivity contribution in [1.29, 1.82) is 0 Å². The molecule has 0 saturated heterocycles. The molecule has 0 N–H and O–H groups in total. The summed E-state index contributed by atoms with van der Waals surface area (Å²) in [7, 11) is 0. The van der Waals surface area contributed by atoms with Crippen LogP contribution in [0.3, 0.4) is 0 Å². The fourth-order valence-electron chi connectivity index (χ4n) is 5.62. The number of halogens is 2. The molecule has 0 radical (unpaired) electrons. The Bertz CT molecular complexity index is 1420. The van der Waals surface area contributed by atoms with Crippen molar-refractivity contribution < 1.29 is 13.7 Å². The highest BCUT2D eigenvalue weighted by Gasteiger charge is 2.39. The van der Waals surface area contributed by atoms with E-state index in [1.165, 1.54) is 39.9 Å². The summed E-state index contributed by atoms with van der Waals surface area (Å²) in [5, 5.41) is 5.54. The Morgan fingerprint density at radius 2 is 2.06 bits per heavy atom. The summed E-state index contributed by atoms with van der Waals surface area (Å²) in [4.78, 5) is 15.9. The van der Waals surface area contributed by atoms with Gasteiger partial charge < -0.3 is 14.0 Å². The first-order valence-corrected chi connectivity index (χ1v) is 11.7. The normalized spacial score (nSPS) is 17.5. The summed E-state index contributed by atoms with van der Waals surface area (Å²) in [6.07, 6.45) is 2.93. The van der Waals surface area contributed by atoms with Gasteiger partial charge in [0.2, 0.25) is 0 Å². The molecule has 4 aromatic rings. The smallest absolute Gasteiger partial charge is 0.260 e. The highest BCUT2D eigenvalue weighted by molar-refractivity contribution is 6.33. The van der Waals surface area contributed by atoms with Gasteiger partial charge in [0.1, 0.15) is 22.8 Å². The maximum Gasteiger partial charge on any atom is 0.260 e. The van der Waals surface area contributed by atoms with Gasteiger partial charge in [0.25, 0.3) is 5.91 Å². The number of hydrogen-bond donors (Lipinski definition) is 0. The van der Waals surface area contributed by atoms with Crippen LogP contribution in [-0.2, 0) is 13.0 Å². The van der Waals surface area contributed by atoms with Crippen molar-refractivity contribution in [3.8, 4) is 11.3 Å². The molecule has 3 heterocycles. The van der Waals surface area contributed by atoms with E-state index in [-0.39, 0.29) is 33.8 Å². The van der Waals surface area contributed by atoms with Crippen LogP contribution in [-0.4, -0.2) is 27.1 Å². The number of rotatable bonds is 2. The van der Waals surface area contributed by atoms with Crippen molar-refractivity contribution in [2.24, 2.45) is 0 Å². The van der Waals surface area contributed by atoms with Crippen LogP contribution in [0.15, 0.2) is 40.9 Å². The molecule has 33 heavy (non-hydrogen) atoms. The number of hydrogen-bond acceptors (Lipinski definition) is 3. The molecule has 1 atom stereocenters. The second-order valence-electron chi connectivity index (χ2n) is 9.00. The quantitative estimate of drug-likeness (QED) is 0.353. The summed E-state index contributed by atoms with van der Waals surface area (Å²) in [6, 6.07) is 11.0. The largest absolute Gasteiger partial charge is 0.360 e. The Morgan fingerprint density at radius 3 is 2.88 bits per heavy atom. The van der Waals surface area contributed by atoms with E-state index in [4.69, 9.17) is 16.1 Å². The molecular formula is C26H23ClFN3O2. The SMILES string of the molecule is Cc1ccc2c(c1)c1c3n2CCN(C(=O)c2c(-c4c(F)cccc4Cl)noc2C)[C@@H]3CCC1. The van der Waals surface area contributed by atoms with Crippen molar-refractivity contribution in [1.82, 2.24) is 14.6 Å². The lowest BCUT2D eigenvalue weighted by molar-refractivity contribution is 0.0600. The minimum absolute atomic E-state index is 0.0269. The minimum Gasteiger partial charge on any atom is -0.360 e. The first kappa shape index (κ1) is 20.5. The number of amides is 1. The molecule has 1 aliphatic carbocycles. The Labute approximate surface area is 195 Å². The number of benzene rings is 2. The number of carbonyl (C=O) groups is 1. The summed E-state index contributed by atoms with van der Waals surface area (Å²) in [6.45, 7) is 5.09. The zero-order valence-electron chi connectivity index (χ0n) is 18.5. The molecule has 0 bridgehead atoms. The van der Waals surface area contributed by atoms with E-state index in [0.29, 0.717) is 12.3 Å². The van der Waals surface area contributed by atoms with Crippen molar-refractivity contribution >= 4 is 28.4 Å². The topological polar surface area (TPSA) is 51.3 Å². The van der Waals surface area contributed by atoms with Crippen LogP contribution >= 0.6 is 11.6 Å². The third-order valence-electron chi connectivity index (χ3n) is 7.07. The van der Waals surface area contributed by atoms with Crippen LogP contribution < -0.4 is 0 Å². The van der Waals surface area contributed by atoms with E-state index in [0.717, 1.165) is 25.8 Å². The fraction of sp³-hybridized carbons (Fsp3) is 0.308. The van der Waals surface area contributed by atoms with Crippen molar-refractivity contribution in [2.45, 2.75) is 45.7 Å². The van der Waals surface area contributed by atoms with Gasteiger partial charge in [-0.15, -0.1) is 0 Å². The van der Waals surface area contributed by atoms with Crippen LogP contribution in [0.4, 0.5) is 4.39 Å². The molecule has 0 saturated carbocycles. The van der Waals surface area contributed by atoms with Gasteiger partial charge >= 0.3 is 0 Å². The monoisotopic (exact) mass is 463 g/mol. The molecule has 0 spiro atoms. The molecule has 2 aromatic carbocycles. The van der Waals surface area contributed by atoms with Gasteiger partial charge in [0.15, 0.2) is 0 Å². The van der Waals surface area contributed by atoms with E-state index in [2.05, 4.69) is 34.8 Å². The van der Waals surface area contributed by atoms with E-state index in [1.807, 2.05) is 4.90 Å². The molecule has 6 rings (SSSR count). The van der Waals surface area contributed by atoms with Crippen molar-refractivity contribution in [3.05, 3.63) is 75.4 Å². The minimum atomic E-state index is -0.529. The highest BCUT2D eigenvalue weighted by atomic mass is 35.5. The predicted molar refractivity (Wildman–Crippen MR) is 125 cm³/mol. The standard InChI is InChI=1S/C26H23ClFN3O2/c1-14-9-10-20-17(13-14)16-5-3-8-21-25(16)30(20)11-12-31(21)26(32)22-15(2)33-29-24(22)23-18(27)6-4-7-19(23)28/h4,6-7,9-10,13,21H,3,5,8,11-12H2,1-2H3/t21-/m1/s1. The Balaban J connectivity index is 1.47. The molecule has 2 aliphatic rings. The second kappa shape index (κ2) is 7.45. The van der Waals surface area contributed by atoms with Gasteiger partial charge in [-0.25, -0.2) is 4.39 Å². The molecule has 168 valence electrons. The molecular weight excluding hydrogens is 441 g/mol. The third-order valence-corrected chi connectivity index (χ3v) is 7.38. The third kappa shape index (κ3) is 2.97. The lowest BCUT2D eigenvalue weighted by Crippen LogP contribution is -2.43. The molecule has 0 unspecified atom stereocenters. The van der Waals surface area contributed by atoms with Gasteiger partial charge in [0.05, 0.1) is 16.6 Å². The number of carbonyl (C=O) groups excluding carboxylic acids is 1. The van der Waals surface area contributed by atoms with Crippen LogP contribution in [0.25, 0.3) is 22.2 Å². The average Bonchev–Trinajstić information content (AvgIpc) is 3.33. The van der Waals surface area contributed by atoms with E-state index >= 15 is 0 Å². The van der Waals surface area contributed by atoms with Crippen LogP contribution in [0.5, 0.6) is 0 Å². The predicted octanol–water partition coefficient (Wildman–Crippen LogP) is 6.24. The van der Waals surface area contributed by atoms with E-state index < -0.39 is 5.82 Å². The molecule has 0 fully saturated rings. The summed E-state index contributed by atoms with van der Waals surface area (Å²) >= 11 is 6.30. The van der Waals surface area contributed by atoms with Crippen molar-refractivity contribution in [2.75, 3.05) is 6.54 Å². The van der Waals surface area contributed by atoms with Gasteiger partial charge in [-0.1, -0.05) is 34.5 Å². The summed E-state index contributed by atoms with van der Waals surface area (Å²) < 4.78 is 22.5. The Kier molecular flexibility index (Phi) is 4.63. The summed E-state index contributed by atoms with van der Waals surface area (Å²) in [5.41, 5.74) is 5.62. The van der Waals surface area contributed by atoms with E-state index in [1.54, 1.807) is 13.0 Å². The molecule has 7 heteroatoms. The lowest BCUT2D eigenvalue weighted by atomic mass is 9.89. The summed E-state index contributed by atoms with van der Waals surface area (Å²) in [5.74, 6) is -0.348. The molecule has 1 amide bonds. The number of aryl methyl sites for hydroxylation is 3. The van der Waals surface area contributed by atoms with Gasteiger partial charge in [0, 0.05) is 29.7 Å². The number of nitrogens with zero attached hydrogens (tertiary/aromatic N) is 3. The maximum absolute atomic E-state index is 14.7. The first-order chi connectivity index (χ1) is 16.0. The Hall–Kier alpha value is -3.12. The number of aromatic nitrogens is 2. The molecule has 5 nitrogen and oxygen atoms in total. The zero-order chi connectivity index (χ0) is 22.9. The molecule has 2 aromatic heterocycles. The van der Waals surface area contributed by atoms with Crippen molar-refractivity contribution in [3.63, 3.8) is 0 Å². The highest BCUT2D eigenvalue weighted by Crippen LogP contribution is 2.44. The molecule has 1 aliphatic heterocycles. The van der Waals surface area contributed by atoms with Gasteiger partial charge in [-0.3, -0.25) is 4.79 Å². The first-order valence-electron chi connectivity index (χ1n) is 11.3. The fourth-order valence-corrected chi connectivity index (χ4v) is 5.88. The zero-order valence-corrected chi connectivity index (χ0v) is 19.2. The lowest BCUT2D eigenvalue weighted by Gasteiger charge is -2.40. The van der Waals surface area contributed by atoms with Crippen LogP contribution in [0, 0.1) is 19.7 Å². The van der Waals surface area contributed by atoms with Gasteiger partial charge in [-0.2, -0.15) is 0 Å². The van der Waals surface area contributed by atoms with Crippen LogP contribution in [0.1, 0.15) is 51.8 Å². The second-order valence-corrected chi connectivity index (χ2v) is 9.41. The Morgan fingerprint density at radius 1 is 1.21 bits per heavy atom. The van der Waals surface area contributed by atoms with Gasteiger partial charge in [-0.05, 0) is 62.9 Å². The average molecular weight is 464 g/mol. The number of fused-ring (bicyclic) bond motifs is 3. The maximum atomic E-state index is 14.7.